The Morgan fingerprint density at radius 1 is 1.10 bits per heavy atom. The van der Waals surface area contributed by atoms with Gasteiger partial charge < -0.3 is 0 Å². The fraction of sp³-hybridized carbons (Fsp3) is 0.364. The molecule has 3 atom stereocenters. The molecule has 162 valence electrons. The highest BCUT2D eigenvalue weighted by atomic mass is 32.2. The van der Waals surface area contributed by atoms with Crippen molar-refractivity contribution in [1.29, 1.82) is 0 Å². The van der Waals surface area contributed by atoms with Crippen molar-refractivity contribution in [3.8, 4) is 11.3 Å². The van der Waals surface area contributed by atoms with Crippen molar-refractivity contribution in [2.75, 3.05) is 13.1 Å². The summed E-state index contributed by atoms with van der Waals surface area (Å²) in [5, 5.41) is 7.22. The Balaban J connectivity index is 1.28. The van der Waals surface area contributed by atoms with Gasteiger partial charge in [-0.15, -0.1) is 0 Å². The molecule has 31 heavy (non-hydrogen) atoms. The van der Waals surface area contributed by atoms with E-state index in [1.807, 2.05) is 6.20 Å². The van der Waals surface area contributed by atoms with Crippen LogP contribution < -0.4 is 4.72 Å². The predicted octanol–water partition coefficient (Wildman–Crippen LogP) is 2.80. The molecule has 1 saturated carbocycles. The summed E-state index contributed by atoms with van der Waals surface area (Å²) < 4.78 is 41.8. The minimum absolute atomic E-state index is 0.0534. The number of likely N-dealkylation sites (tertiary alicyclic amines) is 1. The van der Waals surface area contributed by atoms with Crippen molar-refractivity contribution in [2.24, 2.45) is 11.8 Å². The van der Waals surface area contributed by atoms with Gasteiger partial charge in [0.2, 0.25) is 10.0 Å². The van der Waals surface area contributed by atoms with Gasteiger partial charge in [-0.05, 0) is 61.1 Å². The lowest BCUT2D eigenvalue weighted by Gasteiger charge is -2.38. The zero-order valence-electron chi connectivity index (χ0n) is 16.9. The summed E-state index contributed by atoms with van der Waals surface area (Å²) in [6.07, 6.45) is 6.79. The van der Waals surface area contributed by atoms with Crippen LogP contribution in [0, 0.1) is 17.7 Å². The Morgan fingerprint density at radius 3 is 2.52 bits per heavy atom. The number of fused-ring (bicyclic) bond motifs is 2. The van der Waals surface area contributed by atoms with E-state index >= 15 is 0 Å². The first-order chi connectivity index (χ1) is 15.0. The molecule has 9 heteroatoms. The minimum Gasteiger partial charge on any atom is -0.298 e. The molecule has 3 aromatic rings. The second-order valence-electron chi connectivity index (χ2n) is 8.40. The SMILES string of the molecule is O=S(=O)(NC1[C@@H]2CC[C@H]1CN(Cc1cn[nH]c1-c1ccc(F)cc1)C2)c1cccnc1. The topological polar surface area (TPSA) is 91.0 Å². The molecule has 1 aromatic carbocycles. The molecule has 2 aliphatic rings. The Labute approximate surface area is 180 Å². The third kappa shape index (κ3) is 4.13. The highest BCUT2D eigenvalue weighted by molar-refractivity contribution is 7.89. The Hall–Kier alpha value is -2.62. The lowest BCUT2D eigenvalue weighted by Crippen LogP contribution is -2.52. The van der Waals surface area contributed by atoms with Gasteiger partial charge in [0.05, 0.1) is 11.9 Å². The summed E-state index contributed by atoms with van der Waals surface area (Å²) >= 11 is 0. The van der Waals surface area contributed by atoms with Gasteiger partial charge >= 0.3 is 0 Å². The summed E-state index contributed by atoms with van der Waals surface area (Å²) in [7, 11) is -3.58. The van der Waals surface area contributed by atoms with Gasteiger partial charge in [0.1, 0.15) is 10.7 Å². The Bertz CT molecular complexity index is 1140. The average Bonchev–Trinajstić information content (AvgIpc) is 3.30. The van der Waals surface area contributed by atoms with E-state index in [0.717, 1.165) is 49.3 Å². The zero-order chi connectivity index (χ0) is 21.4. The van der Waals surface area contributed by atoms with Gasteiger partial charge in [-0.2, -0.15) is 5.10 Å². The van der Waals surface area contributed by atoms with Crippen LogP contribution in [0.15, 0.2) is 59.9 Å². The summed E-state index contributed by atoms with van der Waals surface area (Å²) in [6, 6.07) is 9.53. The normalized spacial score (nSPS) is 23.8. The predicted molar refractivity (Wildman–Crippen MR) is 114 cm³/mol. The largest absolute Gasteiger partial charge is 0.298 e. The van der Waals surface area contributed by atoms with Crippen LogP contribution in [0.25, 0.3) is 11.3 Å². The van der Waals surface area contributed by atoms with E-state index in [2.05, 4.69) is 24.8 Å². The number of hydrogen-bond donors (Lipinski definition) is 2. The molecule has 2 N–H and O–H groups in total. The Kier molecular flexibility index (Phi) is 5.33. The van der Waals surface area contributed by atoms with E-state index in [-0.39, 0.29) is 28.6 Å². The van der Waals surface area contributed by atoms with Gasteiger partial charge in [0.15, 0.2) is 0 Å². The average molecular weight is 442 g/mol. The van der Waals surface area contributed by atoms with Crippen LogP contribution in [-0.2, 0) is 16.6 Å². The van der Waals surface area contributed by atoms with Gasteiger partial charge in [-0.25, -0.2) is 17.5 Å². The van der Waals surface area contributed by atoms with Crippen molar-refractivity contribution in [3.05, 3.63) is 66.4 Å². The fourth-order valence-corrected chi connectivity index (χ4v) is 6.27. The molecule has 1 aliphatic carbocycles. The van der Waals surface area contributed by atoms with E-state index in [9.17, 15) is 12.8 Å². The fourth-order valence-electron chi connectivity index (χ4n) is 4.93. The molecule has 1 saturated heterocycles. The van der Waals surface area contributed by atoms with Crippen molar-refractivity contribution in [3.63, 3.8) is 0 Å². The maximum absolute atomic E-state index is 13.3. The molecule has 3 heterocycles. The first-order valence-corrected chi connectivity index (χ1v) is 11.9. The monoisotopic (exact) mass is 441 g/mol. The summed E-state index contributed by atoms with van der Waals surface area (Å²) in [4.78, 5) is 6.51. The molecule has 2 aromatic heterocycles. The molecular formula is C22H24FN5O2S. The number of hydrogen-bond acceptors (Lipinski definition) is 5. The van der Waals surface area contributed by atoms with E-state index in [1.165, 1.54) is 18.3 Å². The number of nitrogens with one attached hydrogen (secondary N) is 2. The molecule has 2 bridgehead atoms. The quantitative estimate of drug-likeness (QED) is 0.614. The number of pyridine rings is 1. The standard InChI is InChI=1S/C22H24FN5O2S/c23-19-7-5-15(6-8-19)21-18(10-25-26-21)14-28-12-16-3-4-17(13-28)22(16)27-31(29,30)20-2-1-9-24-11-20/h1-2,5-11,16-17,22,27H,3-4,12-14H2,(H,25,26)/t16-,17+,22?. The van der Waals surface area contributed by atoms with Crippen molar-refractivity contribution < 1.29 is 12.8 Å². The number of piperidine rings is 1. The summed E-state index contributed by atoms with van der Waals surface area (Å²) in [6.45, 7) is 2.37. The van der Waals surface area contributed by atoms with Crippen LogP contribution in [0.5, 0.6) is 0 Å². The highest BCUT2D eigenvalue weighted by Gasteiger charge is 2.44. The van der Waals surface area contributed by atoms with Crippen LogP contribution in [0.4, 0.5) is 4.39 Å². The molecule has 2 fully saturated rings. The van der Waals surface area contributed by atoms with Crippen LogP contribution in [-0.4, -0.2) is 47.6 Å². The smallest absolute Gasteiger partial charge is 0.242 e. The van der Waals surface area contributed by atoms with Crippen LogP contribution in [0.2, 0.25) is 0 Å². The summed E-state index contributed by atoms with van der Waals surface area (Å²) in [5.74, 6) is 0.273. The zero-order valence-corrected chi connectivity index (χ0v) is 17.7. The lowest BCUT2D eigenvalue weighted by atomic mass is 9.92. The Morgan fingerprint density at radius 2 is 1.84 bits per heavy atom. The number of aromatic amines is 1. The van der Waals surface area contributed by atoms with Gasteiger partial charge in [-0.3, -0.25) is 15.0 Å². The van der Waals surface area contributed by atoms with E-state index in [0.29, 0.717) is 0 Å². The molecule has 0 amide bonds. The molecule has 5 rings (SSSR count). The maximum atomic E-state index is 13.3. The lowest BCUT2D eigenvalue weighted by molar-refractivity contribution is 0.134. The van der Waals surface area contributed by atoms with Gasteiger partial charge in [0.25, 0.3) is 0 Å². The van der Waals surface area contributed by atoms with Gasteiger partial charge in [0, 0.05) is 49.2 Å². The molecule has 1 aliphatic heterocycles. The second kappa shape index (κ2) is 8.14. The number of benzene rings is 1. The van der Waals surface area contributed by atoms with Crippen molar-refractivity contribution in [1.82, 2.24) is 24.8 Å². The number of sulfonamides is 1. The van der Waals surface area contributed by atoms with Crippen molar-refractivity contribution >= 4 is 10.0 Å². The number of rotatable bonds is 6. The van der Waals surface area contributed by atoms with E-state index < -0.39 is 10.0 Å². The number of halogens is 1. The molecule has 7 nitrogen and oxygen atoms in total. The van der Waals surface area contributed by atoms with Crippen LogP contribution in [0.3, 0.4) is 0 Å². The third-order valence-corrected chi connectivity index (χ3v) is 7.83. The van der Waals surface area contributed by atoms with Gasteiger partial charge in [-0.1, -0.05) is 0 Å². The molecule has 1 unspecified atom stereocenters. The maximum Gasteiger partial charge on any atom is 0.242 e. The van der Waals surface area contributed by atoms with E-state index in [1.54, 1.807) is 30.5 Å². The van der Waals surface area contributed by atoms with Crippen molar-refractivity contribution in [2.45, 2.75) is 30.3 Å². The van der Waals surface area contributed by atoms with Crippen LogP contribution in [0.1, 0.15) is 18.4 Å². The van der Waals surface area contributed by atoms with Crippen LogP contribution >= 0.6 is 0 Å². The number of aromatic nitrogens is 3. The summed E-state index contributed by atoms with van der Waals surface area (Å²) in [5.41, 5.74) is 2.85. The first-order valence-electron chi connectivity index (χ1n) is 10.4. The third-order valence-electron chi connectivity index (χ3n) is 6.39. The first kappa shape index (κ1) is 20.3. The molecule has 0 radical (unpaired) electrons. The number of H-pyrrole nitrogens is 1. The number of nitrogens with zero attached hydrogens (tertiary/aromatic N) is 3. The minimum atomic E-state index is -3.58. The molecule has 0 spiro atoms. The highest BCUT2D eigenvalue weighted by Crippen LogP contribution is 2.38. The van der Waals surface area contributed by atoms with E-state index in [4.69, 9.17) is 0 Å². The molecular weight excluding hydrogens is 417 g/mol. The second-order valence-corrected chi connectivity index (χ2v) is 10.1.